The maximum Gasteiger partial charge on any atom is 0.422 e. The molecule has 2 aromatic carbocycles. The van der Waals surface area contributed by atoms with Gasteiger partial charge in [-0.15, -0.1) is 0 Å². The number of benzene rings is 2. The number of hydrogen-bond donors (Lipinski definition) is 4. The van der Waals surface area contributed by atoms with E-state index < -0.39 is 48.4 Å². The van der Waals surface area contributed by atoms with Crippen LogP contribution in [-0.4, -0.2) is 103 Å². The summed E-state index contributed by atoms with van der Waals surface area (Å²) in [4.78, 5) is 51.8. The van der Waals surface area contributed by atoms with Crippen LogP contribution in [0.15, 0.2) is 48.5 Å². The van der Waals surface area contributed by atoms with Gasteiger partial charge in [-0.3, -0.25) is 4.79 Å². The Labute approximate surface area is 331 Å². The molecule has 57 heavy (non-hydrogen) atoms. The molecule has 0 aliphatic carbocycles. The zero-order valence-electron chi connectivity index (χ0n) is 33.0. The zero-order chi connectivity index (χ0) is 41.4. The van der Waals surface area contributed by atoms with Gasteiger partial charge in [-0.25, -0.2) is 9.59 Å². The van der Waals surface area contributed by atoms with Crippen LogP contribution >= 0.6 is 0 Å². The summed E-state index contributed by atoms with van der Waals surface area (Å²) in [6.07, 6.45) is 0.192. The quantitative estimate of drug-likeness (QED) is 0.0711. The highest BCUT2D eigenvalue weighted by molar-refractivity contribution is 6.04. The number of alkyl halides is 3. The van der Waals surface area contributed by atoms with Crippen molar-refractivity contribution in [1.29, 1.82) is 0 Å². The number of nitrogens with zero attached hydrogens (tertiary/aromatic N) is 4. The van der Waals surface area contributed by atoms with E-state index in [0.717, 1.165) is 50.6 Å². The minimum atomic E-state index is -4.62. The summed E-state index contributed by atoms with van der Waals surface area (Å²) in [6.45, 7) is 6.72. The number of esters is 1. The molecule has 2 amide bonds. The van der Waals surface area contributed by atoms with Crippen molar-refractivity contribution >= 4 is 43.5 Å². The molecule has 2 unspecified atom stereocenters. The fraction of sp³-hybridized carbons (Fsp3) is 0.526. The molecule has 0 radical (unpaired) electrons. The van der Waals surface area contributed by atoms with E-state index in [1.54, 1.807) is 12.1 Å². The van der Waals surface area contributed by atoms with Crippen molar-refractivity contribution in [3.8, 4) is 11.8 Å². The molecule has 0 spiro atoms. The summed E-state index contributed by atoms with van der Waals surface area (Å²) in [7, 11) is 3.25. The Hall–Kier alpha value is -5.33. The van der Waals surface area contributed by atoms with Gasteiger partial charge in [0.15, 0.2) is 14.6 Å². The first kappa shape index (κ1) is 44.4. The number of carbonyl (C=O) groups is 3. The first-order valence-corrected chi connectivity index (χ1v) is 18.9. The summed E-state index contributed by atoms with van der Waals surface area (Å²) in [5, 5.41) is 11.5. The number of piperidine rings is 1. The fourth-order valence-electron chi connectivity index (χ4n) is 5.90. The lowest BCUT2D eigenvalue weighted by Crippen LogP contribution is -2.51. The Morgan fingerprint density at radius 3 is 2.30 bits per heavy atom. The highest BCUT2D eigenvalue weighted by Crippen LogP contribution is 2.23. The van der Waals surface area contributed by atoms with Crippen molar-refractivity contribution in [2.45, 2.75) is 83.7 Å². The molecule has 3 aromatic rings. The standard InChI is InChI=1S/C38H52BF3N8O7/c1-37(2,3)57-36(53)43-19-7-5-6-8-21-55-29-17-11-25(12-18-29)22-44-33-47-34(49-35(48-33)56-24-38(40,41)42)45-28-15-13-26(14-16-28)31(51)46-30(32(52)54-4)27-10-9-20-50(39)23-27/h11-18,27,30H,5-10,19-24,39H2,1-4H3,(H,43,53)(H,46,51)(H2,44,45,47,48,49). The molecular weight excluding hydrogens is 748 g/mol. The van der Waals surface area contributed by atoms with E-state index in [4.69, 9.17) is 18.9 Å². The molecule has 2 heterocycles. The van der Waals surface area contributed by atoms with Gasteiger partial charge in [0, 0.05) is 30.3 Å². The number of alkyl carbamates (subject to hydrolysis) is 1. The van der Waals surface area contributed by atoms with Crippen molar-refractivity contribution in [3.05, 3.63) is 59.7 Å². The molecule has 0 saturated carbocycles. The predicted molar refractivity (Wildman–Crippen MR) is 209 cm³/mol. The van der Waals surface area contributed by atoms with Crippen LogP contribution in [0.3, 0.4) is 0 Å². The van der Waals surface area contributed by atoms with Crippen molar-refractivity contribution in [1.82, 2.24) is 30.4 Å². The van der Waals surface area contributed by atoms with Gasteiger partial charge in [0.05, 0.1) is 13.7 Å². The summed E-state index contributed by atoms with van der Waals surface area (Å²) in [5.74, 6) is -0.531. The van der Waals surface area contributed by atoms with E-state index in [2.05, 4.69) is 41.0 Å². The van der Waals surface area contributed by atoms with Crippen LogP contribution in [0.1, 0.15) is 75.2 Å². The molecule has 0 bridgehead atoms. The molecule has 4 N–H and O–H groups in total. The van der Waals surface area contributed by atoms with Crippen LogP contribution in [0, 0.1) is 5.92 Å². The van der Waals surface area contributed by atoms with E-state index in [1.807, 2.05) is 53.0 Å². The molecule has 4 rings (SSSR count). The number of amides is 2. The summed E-state index contributed by atoms with van der Waals surface area (Å²) >= 11 is 0. The molecule has 2 atom stereocenters. The Morgan fingerprint density at radius 2 is 1.63 bits per heavy atom. The number of aromatic nitrogens is 3. The Kier molecular flexibility index (Phi) is 16.6. The number of hydrogen-bond acceptors (Lipinski definition) is 13. The van der Waals surface area contributed by atoms with E-state index in [9.17, 15) is 27.6 Å². The molecule has 1 aliphatic rings. The first-order valence-electron chi connectivity index (χ1n) is 18.9. The van der Waals surface area contributed by atoms with Crippen LogP contribution in [0.25, 0.3) is 0 Å². The topological polar surface area (TPSA) is 178 Å². The van der Waals surface area contributed by atoms with Crippen molar-refractivity contribution in [2.24, 2.45) is 5.92 Å². The van der Waals surface area contributed by atoms with E-state index >= 15 is 0 Å². The SMILES string of the molecule is BN1CCCC(C(NC(=O)c2ccc(Nc3nc(NCc4ccc(OCCCCCCNC(=O)OC(C)(C)C)cc4)nc(OCC(F)(F)F)n3)cc2)C(=O)OC)C1. The summed E-state index contributed by atoms with van der Waals surface area (Å²) in [5.41, 5.74) is 1.01. The van der Waals surface area contributed by atoms with Crippen LogP contribution in [0.4, 0.5) is 35.5 Å². The number of carbonyl (C=O) groups excluding carboxylic acids is 3. The maximum atomic E-state index is 13.1. The van der Waals surface area contributed by atoms with Gasteiger partial charge in [0.1, 0.15) is 17.4 Å². The summed E-state index contributed by atoms with van der Waals surface area (Å²) < 4.78 is 59.8. The third-order valence-electron chi connectivity index (χ3n) is 8.64. The smallest absolute Gasteiger partial charge is 0.422 e. The number of halogens is 3. The van der Waals surface area contributed by atoms with Gasteiger partial charge in [-0.2, -0.15) is 28.1 Å². The lowest BCUT2D eigenvalue weighted by atomic mass is 9.89. The highest BCUT2D eigenvalue weighted by Gasteiger charge is 2.33. The monoisotopic (exact) mass is 800 g/mol. The molecule has 1 saturated heterocycles. The lowest BCUT2D eigenvalue weighted by Gasteiger charge is -2.34. The predicted octanol–water partition coefficient (Wildman–Crippen LogP) is 5.16. The zero-order valence-corrected chi connectivity index (χ0v) is 33.0. The minimum Gasteiger partial charge on any atom is -0.494 e. The van der Waals surface area contributed by atoms with Gasteiger partial charge in [-0.1, -0.05) is 25.0 Å². The number of ether oxygens (including phenoxy) is 4. The average molecular weight is 801 g/mol. The van der Waals surface area contributed by atoms with Crippen molar-refractivity contribution < 1.29 is 46.5 Å². The molecule has 19 heteroatoms. The third kappa shape index (κ3) is 16.4. The van der Waals surface area contributed by atoms with Crippen LogP contribution in [-0.2, 0) is 20.8 Å². The van der Waals surface area contributed by atoms with Gasteiger partial charge >= 0.3 is 24.2 Å². The first-order chi connectivity index (χ1) is 27.1. The fourth-order valence-corrected chi connectivity index (χ4v) is 5.90. The Bertz CT molecular complexity index is 1750. The lowest BCUT2D eigenvalue weighted by molar-refractivity contribution is -0.154. The molecule has 1 aromatic heterocycles. The van der Waals surface area contributed by atoms with Gasteiger partial charge in [-0.05, 0) is 102 Å². The average Bonchev–Trinajstić information content (AvgIpc) is 3.15. The maximum absolute atomic E-state index is 13.1. The minimum absolute atomic E-state index is 0.0375. The number of unbranched alkanes of at least 4 members (excludes halogenated alkanes) is 3. The number of anilines is 3. The van der Waals surface area contributed by atoms with E-state index in [-0.39, 0.29) is 29.9 Å². The van der Waals surface area contributed by atoms with Crippen LogP contribution in [0.5, 0.6) is 11.8 Å². The number of methoxy groups -OCH3 is 1. The molecular formula is C38H52BF3N8O7. The van der Waals surface area contributed by atoms with Gasteiger partial charge in [0.2, 0.25) is 11.9 Å². The summed E-state index contributed by atoms with van der Waals surface area (Å²) in [6, 6.07) is 12.1. The van der Waals surface area contributed by atoms with E-state index in [1.165, 1.54) is 19.2 Å². The Balaban J connectivity index is 1.29. The molecule has 310 valence electrons. The second-order valence-corrected chi connectivity index (χ2v) is 14.7. The van der Waals surface area contributed by atoms with Gasteiger partial charge in [0.25, 0.3) is 5.91 Å². The number of rotatable bonds is 19. The molecule has 1 aliphatic heterocycles. The molecule has 1 fully saturated rings. The Morgan fingerprint density at radius 1 is 0.930 bits per heavy atom. The van der Waals surface area contributed by atoms with Crippen LogP contribution < -0.4 is 30.7 Å². The third-order valence-corrected chi connectivity index (χ3v) is 8.64. The largest absolute Gasteiger partial charge is 0.494 e. The number of nitrogens with one attached hydrogen (secondary N) is 4. The van der Waals surface area contributed by atoms with Crippen LogP contribution in [0.2, 0.25) is 0 Å². The van der Waals surface area contributed by atoms with Crippen molar-refractivity contribution in [3.63, 3.8) is 0 Å². The van der Waals surface area contributed by atoms with Crippen molar-refractivity contribution in [2.75, 3.05) is 50.6 Å². The molecule has 15 nitrogen and oxygen atoms in total. The van der Waals surface area contributed by atoms with Gasteiger partial charge < -0.3 is 45.0 Å². The second kappa shape index (κ2) is 21.3. The van der Waals surface area contributed by atoms with E-state index in [0.29, 0.717) is 31.1 Å². The second-order valence-electron chi connectivity index (χ2n) is 14.7. The normalized spacial score (nSPS) is 15.2. The highest BCUT2D eigenvalue weighted by atomic mass is 19.4.